The number of anilines is 1. The number of fused-ring (bicyclic) bond motifs is 1. The summed E-state index contributed by atoms with van der Waals surface area (Å²) in [6, 6.07) is 6.40. The van der Waals surface area contributed by atoms with E-state index in [4.69, 9.17) is 18.6 Å². The molecule has 0 radical (unpaired) electrons. The zero-order valence-electron chi connectivity index (χ0n) is 32.0. The molecule has 0 saturated carbocycles. The molecule has 64 heavy (non-hydrogen) atoms. The second-order valence-corrected chi connectivity index (χ2v) is 21.3. The minimum Gasteiger partial charge on any atom is -0.506 e. The van der Waals surface area contributed by atoms with E-state index in [1.54, 1.807) is 0 Å². The number of phenolic OH excluding ortho intramolecular Hbond substituents is 1. The molecule has 0 aliphatic carbocycles. The van der Waals surface area contributed by atoms with Gasteiger partial charge in [-0.25, -0.2) is 25.2 Å². The second-order valence-electron chi connectivity index (χ2n) is 12.2. The van der Waals surface area contributed by atoms with E-state index in [-0.39, 0.29) is 16.5 Å². The molecule has 4 aromatic rings. The lowest BCUT2D eigenvalue weighted by atomic mass is 10.0. The van der Waals surface area contributed by atoms with Gasteiger partial charge < -0.3 is 25.0 Å². The predicted octanol–water partition coefficient (Wildman–Crippen LogP) is 2.57. The van der Waals surface area contributed by atoms with Crippen molar-refractivity contribution in [3.05, 3.63) is 48.5 Å². The van der Waals surface area contributed by atoms with E-state index >= 15 is 0 Å². The molecule has 34 heteroatoms. The summed E-state index contributed by atoms with van der Waals surface area (Å²) >= 11 is 0. The molecule has 0 aliphatic heterocycles. The third-order valence-corrected chi connectivity index (χ3v) is 14.0. The van der Waals surface area contributed by atoms with Crippen LogP contribution in [-0.2, 0) is 73.9 Å². The number of methoxy groups -OCH3 is 2. The number of benzene rings is 4. The number of hydrogen-bond donors (Lipinski definition) is 7. The number of hydrogen-bond acceptors (Lipinski definition) is 23. The fourth-order valence-corrected chi connectivity index (χ4v) is 9.78. The lowest BCUT2D eigenvalue weighted by molar-refractivity contribution is -0.134. The Morgan fingerprint density at radius 3 is 1.70 bits per heavy atom. The van der Waals surface area contributed by atoms with Crippen molar-refractivity contribution in [2.45, 2.75) is 19.6 Å². The SMILES string of the molecule is COc1cc(N=Nc2c(S(=O)(=O)O)cc3c(N=Nc4ccc(S(=O)(=O)CCOS(=O)(=O)O)cc4S(=O)(=O)O)c(NCC(=O)O)ccc3c2OC)c(O)cc1S(=O)(=O)CCOS(=O)(=O)O. The minimum atomic E-state index is -5.40. The molecule has 350 valence electrons. The van der Waals surface area contributed by atoms with Gasteiger partial charge in [0.1, 0.15) is 55.5 Å². The molecule has 4 rings (SSSR count). The molecule has 0 spiro atoms. The van der Waals surface area contributed by atoms with Crippen LogP contribution in [0.2, 0.25) is 0 Å². The van der Waals surface area contributed by atoms with Crippen molar-refractivity contribution in [1.82, 2.24) is 0 Å². The number of phenols is 1. The number of ether oxygens (including phenoxy) is 2. The highest BCUT2D eigenvalue weighted by molar-refractivity contribution is 7.92. The van der Waals surface area contributed by atoms with Gasteiger partial charge in [0.15, 0.2) is 25.4 Å². The Bertz CT molecular complexity index is 3270. The number of nitrogens with one attached hydrogen (secondary N) is 1. The van der Waals surface area contributed by atoms with E-state index in [2.05, 4.69) is 34.1 Å². The van der Waals surface area contributed by atoms with Crippen LogP contribution < -0.4 is 14.8 Å². The number of azo groups is 2. The van der Waals surface area contributed by atoms with Crippen LogP contribution in [0.25, 0.3) is 10.8 Å². The van der Waals surface area contributed by atoms with Crippen LogP contribution in [0.15, 0.2) is 88.6 Å². The van der Waals surface area contributed by atoms with Gasteiger partial charge in [-0.1, -0.05) is 0 Å². The average molecular weight is 1020 g/mol. The molecule has 0 amide bonds. The van der Waals surface area contributed by atoms with Crippen molar-refractivity contribution >= 4 is 106 Å². The van der Waals surface area contributed by atoms with Gasteiger partial charge in [0.25, 0.3) is 20.2 Å². The summed E-state index contributed by atoms with van der Waals surface area (Å²) in [5.41, 5.74) is -2.90. The van der Waals surface area contributed by atoms with E-state index in [1.807, 2.05) is 0 Å². The molecule has 28 nitrogen and oxygen atoms in total. The Labute approximate surface area is 362 Å². The third kappa shape index (κ3) is 13.0. The molecule has 7 N–H and O–H groups in total. The average Bonchev–Trinajstić information content (AvgIpc) is 3.16. The monoisotopic (exact) mass is 1020 g/mol. The van der Waals surface area contributed by atoms with E-state index in [9.17, 15) is 74.6 Å². The lowest BCUT2D eigenvalue weighted by Crippen LogP contribution is -2.16. The maximum absolute atomic E-state index is 12.9. The summed E-state index contributed by atoms with van der Waals surface area (Å²) in [6.45, 7) is -2.97. The maximum Gasteiger partial charge on any atom is 0.397 e. The van der Waals surface area contributed by atoms with Crippen molar-refractivity contribution in [3.63, 3.8) is 0 Å². The van der Waals surface area contributed by atoms with Gasteiger partial charge in [-0.2, -0.15) is 33.7 Å². The van der Waals surface area contributed by atoms with Gasteiger partial charge in [0, 0.05) is 22.9 Å². The quantitative estimate of drug-likeness (QED) is 0.0466. The molecule has 0 heterocycles. The van der Waals surface area contributed by atoms with E-state index in [0.29, 0.717) is 18.2 Å². The minimum absolute atomic E-state index is 0.155. The molecule has 0 saturated heterocycles. The van der Waals surface area contributed by atoms with Crippen molar-refractivity contribution in [1.29, 1.82) is 0 Å². The van der Waals surface area contributed by atoms with Crippen molar-refractivity contribution in [3.8, 4) is 17.2 Å². The number of rotatable bonds is 21. The van der Waals surface area contributed by atoms with Crippen molar-refractivity contribution in [2.75, 3.05) is 50.8 Å². The van der Waals surface area contributed by atoms with Gasteiger partial charge >= 0.3 is 26.8 Å². The van der Waals surface area contributed by atoms with Crippen LogP contribution in [0.3, 0.4) is 0 Å². The summed E-state index contributed by atoms with van der Waals surface area (Å²) in [4.78, 5) is 7.66. The first-order chi connectivity index (χ1) is 29.4. The Balaban J connectivity index is 1.93. The smallest absolute Gasteiger partial charge is 0.397 e. The summed E-state index contributed by atoms with van der Waals surface area (Å²) in [5.74, 6) is -5.54. The predicted molar refractivity (Wildman–Crippen MR) is 215 cm³/mol. The van der Waals surface area contributed by atoms with E-state index in [1.165, 1.54) is 6.07 Å². The molecular formula is C30H31N5O23S6. The van der Waals surface area contributed by atoms with Crippen LogP contribution >= 0.6 is 0 Å². The zero-order chi connectivity index (χ0) is 48.2. The van der Waals surface area contributed by atoms with Crippen molar-refractivity contribution < 1.29 is 102 Å². The van der Waals surface area contributed by atoms with Gasteiger partial charge in [0.05, 0.1) is 49.5 Å². The summed E-state index contributed by atoms with van der Waals surface area (Å²) in [6.07, 6.45) is 0. The van der Waals surface area contributed by atoms with E-state index < -0.39 is 158 Å². The van der Waals surface area contributed by atoms with E-state index in [0.717, 1.165) is 38.5 Å². The van der Waals surface area contributed by atoms with Gasteiger partial charge in [-0.3, -0.25) is 23.0 Å². The first kappa shape index (κ1) is 51.1. The largest absolute Gasteiger partial charge is 0.506 e. The van der Waals surface area contributed by atoms with Gasteiger partial charge in [-0.15, -0.1) is 20.5 Å². The normalized spacial score (nSPS) is 13.2. The maximum atomic E-state index is 12.9. The molecule has 0 fully saturated rings. The number of sulfone groups is 2. The lowest BCUT2D eigenvalue weighted by Gasteiger charge is -2.16. The zero-order valence-corrected chi connectivity index (χ0v) is 36.9. The van der Waals surface area contributed by atoms with Crippen LogP contribution in [-0.4, -0.2) is 130 Å². The standard InChI is InChI=1S/C30H31N5O23S6/c1-55-23-13-21(22(36)14-25(23)60(41,42)10-8-58-64(52,53)54)33-35-29-26(62(46,47)48)12-18-17(30(29)56-2)4-6-20(31-15-27(37)38)28(18)34-32-19-5-3-16(11-24(19)61(43,44)45)59(39,40)9-7-57-63(49,50)51/h3-6,11-14,31,36H,7-10,15H2,1-2H3,(H,37,38)(H,43,44,45)(H,46,47,48)(H,49,50,51)(H,52,53,54). The molecule has 0 aromatic heterocycles. The van der Waals surface area contributed by atoms with Crippen LogP contribution in [0.5, 0.6) is 17.2 Å². The number of carboxylic acids is 1. The highest BCUT2D eigenvalue weighted by Crippen LogP contribution is 2.48. The highest BCUT2D eigenvalue weighted by Gasteiger charge is 2.28. The first-order valence-electron chi connectivity index (χ1n) is 16.5. The van der Waals surface area contributed by atoms with Gasteiger partial charge in [-0.05, 0) is 36.4 Å². The van der Waals surface area contributed by atoms with Gasteiger partial charge in [0.2, 0.25) is 0 Å². The van der Waals surface area contributed by atoms with Crippen LogP contribution in [0, 0.1) is 0 Å². The Morgan fingerprint density at radius 1 is 0.609 bits per heavy atom. The first-order valence-corrected chi connectivity index (χ1v) is 25.5. The van der Waals surface area contributed by atoms with Crippen LogP contribution in [0.1, 0.15) is 0 Å². The van der Waals surface area contributed by atoms with Crippen molar-refractivity contribution in [2.24, 2.45) is 20.5 Å². The topological polar surface area (TPSA) is 442 Å². The Kier molecular flexibility index (Phi) is 15.4. The fourth-order valence-electron chi connectivity index (χ4n) is 5.24. The summed E-state index contributed by atoms with van der Waals surface area (Å²) in [7, 11) is -27.9. The summed E-state index contributed by atoms with van der Waals surface area (Å²) < 4.78 is 201. The molecule has 0 unspecified atom stereocenters. The molecule has 0 bridgehead atoms. The second kappa shape index (κ2) is 19.3. The number of nitrogens with zero attached hydrogens (tertiary/aromatic N) is 4. The Hall–Kier alpha value is -5.53. The third-order valence-electron chi connectivity index (χ3n) is 7.95. The van der Waals surface area contributed by atoms with Crippen LogP contribution in [0.4, 0.5) is 28.4 Å². The highest BCUT2D eigenvalue weighted by atomic mass is 32.3. The molecule has 4 aromatic carbocycles. The molecule has 0 atom stereocenters. The number of aliphatic carboxylic acids is 1. The Morgan fingerprint density at radius 2 is 1.17 bits per heavy atom. The molecular weight excluding hydrogens is 991 g/mol. The molecule has 0 aliphatic rings. The number of carboxylic acid groups (broad SMARTS) is 1. The number of aromatic hydroxyl groups is 1. The summed E-state index contributed by atoms with van der Waals surface area (Å²) in [5, 5.41) is 37.3. The fraction of sp³-hybridized carbons (Fsp3) is 0.233. The number of carbonyl (C=O) groups is 1.